The third kappa shape index (κ3) is 4.38. The fourth-order valence-corrected chi connectivity index (χ4v) is 0.898. The maximum atomic E-state index is 5.69. The molecule has 0 aliphatic carbocycles. The molecular formula is C9H14ClN3. The minimum Gasteiger partial charge on any atom is -0.370 e. The number of guanidine groups is 1. The van der Waals surface area contributed by atoms with E-state index in [1.165, 1.54) is 0 Å². The van der Waals surface area contributed by atoms with Gasteiger partial charge in [0.1, 0.15) is 0 Å². The highest BCUT2D eigenvalue weighted by molar-refractivity contribution is 6.30. The Kier molecular flexibility index (Phi) is 4.92. The van der Waals surface area contributed by atoms with E-state index in [1.807, 2.05) is 12.1 Å². The molecule has 1 aromatic rings. The van der Waals surface area contributed by atoms with E-state index in [-0.39, 0.29) is 13.4 Å². The van der Waals surface area contributed by atoms with E-state index < -0.39 is 0 Å². The van der Waals surface area contributed by atoms with Crippen molar-refractivity contribution in [2.45, 2.75) is 14.0 Å². The number of aliphatic imine (C=N–C) groups is 1. The van der Waals surface area contributed by atoms with Gasteiger partial charge in [0.15, 0.2) is 5.96 Å². The van der Waals surface area contributed by atoms with E-state index in [1.54, 1.807) is 12.1 Å². The molecule has 72 valence electrons. The van der Waals surface area contributed by atoms with Crippen molar-refractivity contribution in [3.05, 3.63) is 34.9 Å². The van der Waals surface area contributed by atoms with Gasteiger partial charge in [-0.2, -0.15) is 0 Å². The van der Waals surface area contributed by atoms with Crippen molar-refractivity contribution in [2.24, 2.45) is 16.5 Å². The Morgan fingerprint density at radius 2 is 1.77 bits per heavy atom. The average Bonchev–Trinajstić information content (AvgIpc) is 2.03. The Bertz CT molecular complexity index is 275. The number of halogens is 1. The van der Waals surface area contributed by atoms with Crippen molar-refractivity contribution < 1.29 is 0 Å². The molecule has 0 saturated carbocycles. The maximum Gasteiger partial charge on any atom is 0.186 e. The van der Waals surface area contributed by atoms with Gasteiger partial charge in [-0.15, -0.1) is 0 Å². The summed E-state index contributed by atoms with van der Waals surface area (Å²) in [5.74, 6) is 0.102. The molecule has 0 unspecified atom stereocenters. The summed E-state index contributed by atoms with van der Waals surface area (Å²) >= 11 is 5.69. The summed E-state index contributed by atoms with van der Waals surface area (Å²) < 4.78 is 0. The normalized spacial score (nSPS) is 8.69. The second-order valence-electron chi connectivity index (χ2n) is 2.37. The molecule has 13 heavy (non-hydrogen) atoms. The second kappa shape index (κ2) is 5.43. The molecule has 0 aliphatic rings. The summed E-state index contributed by atoms with van der Waals surface area (Å²) in [7, 11) is 0. The molecule has 4 N–H and O–H groups in total. The smallest absolute Gasteiger partial charge is 0.186 e. The first-order chi connectivity index (χ1) is 5.68. The molecule has 0 bridgehead atoms. The molecule has 0 atom stereocenters. The number of nitrogens with zero attached hydrogens (tertiary/aromatic N) is 1. The van der Waals surface area contributed by atoms with Crippen molar-refractivity contribution in [3.63, 3.8) is 0 Å². The molecule has 3 nitrogen and oxygen atoms in total. The highest BCUT2D eigenvalue weighted by Crippen LogP contribution is 2.09. The van der Waals surface area contributed by atoms with E-state index in [4.69, 9.17) is 23.1 Å². The molecule has 0 amide bonds. The lowest BCUT2D eigenvalue weighted by molar-refractivity contribution is 1.05. The zero-order valence-corrected chi connectivity index (χ0v) is 7.25. The first-order valence-electron chi connectivity index (χ1n) is 3.48. The largest absolute Gasteiger partial charge is 0.370 e. The first-order valence-corrected chi connectivity index (χ1v) is 3.86. The molecule has 4 heteroatoms. The van der Waals surface area contributed by atoms with Crippen LogP contribution in [0.25, 0.3) is 0 Å². The number of nitrogens with two attached hydrogens (primary N) is 2. The van der Waals surface area contributed by atoms with Gasteiger partial charge in [0.25, 0.3) is 0 Å². The van der Waals surface area contributed by atoms with Crippen molar-refractivity contribution >= 4 is 17.6 Å². The van der Waals surface area contributed by atoms with Gasteiger partial charge in [0.2, 0.25) is 0 Å². The van der Waals surface area contributed by atoms with Crippen LogP contribution in [0, 0.1) is 0 Å². The minimum absolute atomic E-state index is 0. The van der Waals surface area contributed by atoms with Crippen LogP contribution in [0.2, 0.25) is 5.02 Å². The third-order valence-corrected chi connectivity index (χ3v) is 1.61. The number of rotatable bonds is 2. The van der Waals surface area contributed by atoms with Gasteiger partial charge in [-0.25, -0.2) is 4.99 Å². The summed E-state index contributed by atoms with van der Waals surface area (Å²) in [6, 6.07) is 7.38. The molecule has 0 heterocycles. The minimum atomic E-state index is 0. The summed E-state index contributed by atoms with van der Waals surface area (Å²) in [6.45, 7) is 0.500. The Hall–Kier alpha value is -1.22. The van der Waals surface area contributed by atoms with E-state index in [0.29, 0.717) is 11.6 Å². The van der Waals surface area contributed by atoms with Crippen LogP contribution >= 0.6 is 11.6 Å². The quantitative estimate of drug-likeness (QED) is 0.563. The SMILES string of the molecule is C.NC(N)=NCc1ccc(Cl)cc1. The van der Waals surface area contributed by atoms with Gasteiger partial charge in [0, 0.05) is 5.02 Å². The molecule has 0 aromatic heterocycles. The van der Waals surface area contributed by atoms with Gasteiger partial charge in [-0.3, -0.25) is 0 Å². The summed E-state index contributed by atoms with van der Waals surface area (Å²) in [6.07, 6.45) is 0. The van der Waals surface area contributed by atoms with Crippen molar-refractivity contribution in [3.8, 4) is 0 Å². The molecule has 1 aromatic carbocycles. The fraction of sp³-hybridized carbons (Fsp3) is 0.222. The molecule has 0 radical (unpaired) electrons. The molecule has 0 aliphatic heterocycles. The number of benzene rings is 1. The van der Waals surface area contributed by atoms with Gasteiger partial charge in [-0.05, 0) is 17.7 Å². The fourth-order valence-electron chi connectivity index (χ4n) is 0.772. The van der Waals surface area contributed by atoms with Gasteiger partial charge >= 0.3 is 0 Å². The summed E-state index contributed by atoms with van der Waals surface area (Å²) in [5.41, 5.74) is 11.4. The van der Waals surface area contributed by atoms with Crippen LogP contribution in [0.1, 0.15) is 13.0 Å². The standard InChI is InChI=1S/C8H10ClN3.CH4/c9-7-3-1-6(2-4-7)5-12-8(10)11;/h1-4H,5H2,(H4,10,11,12);1H4. The lowest BCUT2D eigenvalue weighted by atomic mass is 10.2. The third-order valence-electron chi connectivity index (χ3n) is 1.36. The van der Waals surface area contributed by atoms with Crippen LogP contribution < -0.4 is 11.5 Å². The van der Waals surface area contributed by atoms with Crippen molar-refractivity contribution in [2.75, 3.05) is 0 Å². The van der Waals surface area contributed by atoms with Crippen LogP contribution in [0.4, 0.5) is 0 Å². The van der Waals surface area contributed by atoms with Gasteiger partial charge in [-0.1, -0.05) is 31.2 Å². The van der Waals surface area contributed by atoms with Crippen LogP contribution in [-0.2, 0) is 6.54 Å². The second-order valence-corrected chi connectivity index (χ2v) is 2.80. The zero-order chi connectivity index (χ0) is 8.97. The summed E-state index contributed by atoms with van der Waals surface area (Å²) in [4.78, 5) is 3.85. The van der Waals surface area contributed by atoms with Crippen LogP contribution in [0.5, 0.6) is 0 Å². The average molecular weight is 200 g/mol. The van der Waals surface area contributed by atoms with Gasteiger partial charge in [0.05, 0.1) is 6.54 Å². The number of hydrogen-bond acceptors (Lipinski definition) is 1. The predicted molar refractivity (Wildman–Crippen MR) is 57.7 cm³/mol. The molecule has 0 fully saturated rings. The molecule has 0 saturated heterocycles. The maximum absolute atomic E-state index is 5.69. The van der Waals surface area contributed by atoms with E-state index in [0.717, 1.165) is 5.56 Å². The molecule has 0 spiro atoms. The van der Waals surface area contributed by atoms with Crippen LogP contribution in [0.15, 0.2) is 29.3 Å². The predicted octanol–water partition coefficient (Wildman–Crippen LogP) is 1.75. The first kappa shape index (κ1) is 11.8. The lowest BCUT2D eigenvalue weighted by Crippen LogP contribution is -2.22. The summed E-state index contributed by atoms with van der Waals surface area (Å²) in [5, 5.41) is 0.712. The highest BCUT2D eigenvalue weighted by Gasteiger charge is 1.90. The Morgan fingerprint density at radius 1 is 1.23 bits per heavy atom. The number of hydrogen-bond donors (Lipinski definition) is 2. The zero-order valence-electron chi connectivity index (χ0n) is 6.50. The van der Waals surface area contributed by atoms with E-state index in [2.05, 4.69) is 4.99 Å². The highest BCUT2D eigenvalue weighted by atomic mass is 35.5. The van der Waals surface area contributed by atoms with E-state index >= 15 is 0 Å². The van der Waals surface area contributed by atoms with Crippen LogP contribution in [-0.4, -0.2) is 5.96 Å². The van der Waals surface area contributed by atoms with Gasteiger partial charge < -0.3 is 11.5 Å². The monoisotopic (exact) mass is 199 g/mol. The van der Waals surface area contributed by atoms with Crippen molar-refractivity contribution in [1.29, 1.82) is 0 Å². The van der Waals surface area contributed by atoms with Crippen molar-refractivity contribution in [1.82, 2.24) is 0 Å². The Balaban J connectivity index is 0.00000144. The van der Waals surface area contributed by atoms with Crippen LogP contribution in [0.3, 0.4) is 0 Å². The topological polar surface area (TPSA) is 64.4 Å². The molecule has 1 rings (SSSR count). The van der Waals surface area contributed by atoms with E-state index in [9.17, 15) is 0 Å². The Morgan fingerprint density at radius 3 is 2.23 bits per heavy atom. The molecular weight excluding hydrogens is 186 g/mol. The lowest BCUT2D eigenvalue weighted by Gasteiger charge is -1.96. The Labute approximate surface area is 83.4 Å².